The van der Waals surface area contributed by atoms with Gasteiger partial charge in [0.1, 0.15) is 11.5 Å². The highest BCUT2D eigenvalue weighted by Gasteiger charge is 2.12. The highest BCUT2D eigenvalue weighted by molar-refractivity contribution is 5.95. The van der Waals surface area contributed by atoms with Crippen molar-refractivity contribution in [2.75, 3.05) is 13.2 Å². The van der Waals surface area contributed by atoms with E-state index in [0.29, 0.717) is 13.2 Å². The minimum Gasteiger partial charge on any atom is -0.493 e. The lowest BCUT2D eigenvalue weighted by molar-refractivity contribution is 0.319. The molecule has 0 heterocycles. The second-order valence-electron chi connectivity index (χ2n) is 6.17. The third-order valence-corrected chi connectivity index (χ3v) is 4.01. The summed E-state index contributed by atoms with van der Waals surface area (Å²) >= 11 is 0. The summed E-state index contributed by atoms with van der Waals surface area (Å²) in [5.41, 5.74) is 2.29. The Morgan fingerprint density at radius 2 is 1.50 bits per heavy atom. The third kappa shape index (κ3) is 5.38. The number of fused-ring (bicyclic) bond motifs is 1. The van der Waals surface area contributed by atoms with Crippen LogP contribution in [0.25, 0.3) is 10.8 Å². The molecule has 0 amide bonds. The highest BCUT2D eigenvalue weighted by Crippen LogP contribution is 2.37. The van der Waals surface area contributed by atoms with Crippen molar-refractivity contribution in [3.8, 4) is 11.5 Å². The number of hydrogen-bond donors (Lipinski definition) is 0. The van der Waals surface area contributed by atoms with Crippen LogP contribution in [0.4, 0.5) is 0 Å². The molecule has 0 fully saturated rings. The van der Waals surface area contributed by atoms with E-state index in [-0.39, 0.29) is 0 Å². The van der Waals surface area contributed by atoms with Gasteiger partial charge in [0.2, 0.25) is 0 Å². The van der Waals surface area contributed by atoms with E-state index < -0.39 is 0 Å². The fourth-order valence-corrected chi connectivity index (χ4v) is 2.77. The van der Waals surface area contributed by atoms with Crippen LogP contribution in [0.15, 0.2) is 73.9 Å². The number of benzene rings is 2. The van der Waals surface area contributed by atoms with Crippen LogP contribution in [-0.2, 0) is 0 Å². The van der Waals surface area contributed by atoms with Gasteiger partial charge in [-0.05, 0) is 44.4 Å². The summed E-state index contributed by atoms with van der Waals surface area (Å²) in [5.74, 6) is 1.85. The molecule has 0 N–H and O–H groups in total. The maximum Gasteiger partial charge on any atom is 0.130 e. The molecular weight excluding hydrogens is 320 g/mol. The van der Waals surface area contributed by atoms with Crippen molar-refractivity contribution < 1.29 is 9.47 Å². The van der Waals surface area contributed by atoms with Crippen LogP contribution in [0.5, 0.6) is 11.5 Å². The summed E-state index contributed by atoms with van der Waals surface area (Å²) in [6, 6.07) is 8.47. The smallest absolute Gasteiger partial charge is 0.130 e. The second-order valence-corrected chi connectivity index (χ2v) is 6.17. The average molecular weight is 348 g/mol. The normalized spacial score (nSPS) is 11.3. The minimum absolute atomic E-state index is 0.638. The Hall–Kier alpha value is -2.74. The zero-order valence-electron chi connectivity index (χ0n) is 15.8. The van der Waals surface area contributed by atoms with E-state index in [1.807, 2.05) is 12.2 Å². The first-order valence-corrected chi connectivity index (χ1v) is 9.02. The lowest BCUT2D eigenvalue weighted by atomic mass is 10.0. The largest absolute Gasteiger partial charge is 0.493 e. The Bertz CT molecular complexity index is 813. The van der Waals surface area contributed by atoms with E-state index in [2.05, 4.69) is 63.4 Å². The van der Waals surface area contributed by atoms with Gasteiger partial charge in [0.25, 0.3) is 0 Å². The Kier molecular flexibility index (Phi) is 7.75. The van der Waals surface area contributed by atoms with Crippen molar-refractivity contribution in [1.29, 1.82) is 0 Å². The van der Waals surface area contributed by atoms with Gasteiger partial charge in [0.15, 0.2) is 0 Å². The number of ether oxygens (including phenoxy) is 2. The standard InChI is InChI=1S/C24H28O2/c1-5-7-9-11-15-25-23-18-20(4)24(26-16-12-10-8-6-2)21-14-13-19(3)17-22(21)23/h5-10,13-14,17-18H,1-2,11-12,15-16H2,3-4H3/b9-7-,10-8-. The summed E-state index contributed by atoms with van der Waals surface area (Å²) in [5, 5.41) is 2.19. The van der Waals surface area contributed by atoms with Gasteiger partial charge in [-0.25, -0.2) is 0 Å². The molecule has 0 aliphatic heterocycles. The van der Waals surface area contributed by atoms with Crippen LogP contribution in [0.3, 0.4) is 0 Å². The van der Waals surface area contributed by atoms with Crippen LogP contribution >= 0.6 is 0 Å². The van der Waals surface area contributed by atoms with Crippen molar-refractivity contribution in [3.05, 3.63) is 85.0 Å². The van der Waals surface area contributed by atoms with Crippen molar-refractivity contribution in [2.24, 2.45) is 0 Å². The Morgan fingerprint density at radius 3 is 2.15 bits per heavy atom. The molecule has 2 aromatic rings. The van der Waals surface area contributed by atoms with Crippen molar-refractivity contribution in [3.63, 3.8) is 0 Å². The number of hydrogen-bond acceptors (Lipinski definition) is 2. The van der Waals surface area contributed by atoms with Gasteiger partial charge >= 0.3 is 0 Å². The quantitative estimate of drug-likeness (QED) is 0.361. The molecule has 0 bridgehead atoms. The van der Waals surface area contributed by atoms with Gasteiger partial charge in [0, 0.05) is 10.8 Å². The molecule has 2 heteroatoms. The molecule has 0 aliphatic carbocycles. The molecule has 0 saturated carbocycles. The Labute approximate surface area is 157 Å². The van der Waals surface area contributed by atoms with Gasteiger partial charge < -0.3 is 9.47 Å². The zero-order valence-corrected chi connectivity index (χ0v) is 15.8. The molecule has 2 rings (SSSR count). The van der Waals surface area contributed by atoms with Crippen molar-refractivity contribution in [2.45, 2.75) is 26.7 Å². The molecule has 0 atom stereocenters. The Morgan fingerprint density at radius 1 is 0.846 bits per heavy atom. The molecule has 0 radical (unpaired) electrons. The topological polar surface area (TPSA) is 18.5 Å². The monoisotopic (exact) mass is 348 g/mol. The summed E-state index contributed by atoms with van der Waals surface area (Å²) in [6.07, 6.45) is 13.3. The van der Waals surface area contributed by atoms with Gasteiger partial charge in [-0.3, -0.25) is 0 Å². The molecule has 0 aliphatic rings. The SMILES string of the molecule is C=C/C=C\CCOc1cc(C)c(OCC/C=C\C=C)c2ccc(C)cc12. The second kappa shape index (κ2) is 10.3. The first-order valence-electron chi connectivity index (χ1n) is 9.02. The summed E-state index contributed by atoms with van der Waals surface area (Å²) in [6.45, 7) is 12.8. The molecule has 26 heavy (non-hydrogen) atoms. The fourth-order valence-electron chi connectivity index (χ4n) is 2.77. The predicted molar refractivity (Wildman–Crippen MR) is 112 cm³/mol. The number of allylic oxidation sites excluding steroid dienone is 4. The molecule has 0 spiro atoms. The molecule has 2 aromatic carbocycles. The van der Waals surface area contributed by atoms with E-state index >= 15 is 0 Å². The summed E-state index contributed by atoms with van der Waals surface area (Å²) in [4.78, 5) is 0. The molecule has 136 valence electrons. The maximum atomic E-state index is 6.09. The van der Waals surface area contributed by atoms with Crippen LogP contribution in [0.1, 0.15) is 24.0 Å². The maximum absolute atomic E-state index is 6.09. The fraction of sp³-hybridized carbons (Fsp3) is 0.250. The van der Waals surface area contributed by atoms with E-state index in [1.54, 1.807) is 12.2 Å². The minimum atomic E-state index is 0.638. The molecule has 0 unspecified atom stereocenters. The summed E-state index contributed by atoms with van der Waals surface area (Å²) in [7, 11) is 0. The molecule has 0 aromatic heterocycles. The molecule has 2 nitrogen and oxygen atoms in total. The van der Waals surface area contributed by atoms with Crippen LogP contribution in [0, 0.1) is 13.8 Å². The van der Waals surface area contributed by atoms with Crippen LogP contribution in [0.2, 0.25) is 0 Å². The molecular formula is C24H28O2. The molecule has 0 saturated heterocycles. The van der Waals surface area contributed by atoms with Gasteiger partial charge in [-0.1, -0.05) is 67.3 Å². The van der Waals surface area contributed by atoms with E-state index in [1.165, 1.54) is 5.56 Å². The third-order valence-electron chi connectivity index (χ3n) is 4.01. The van der Waals surface area contributed by atoms with Crippen LogP contribution in [-0.4, -0.2) is 13.2 Å². The van der Waals surface area contributed by atoms with E-state index in [9.17, 15) is 0 Å². The first-order chi connectivity index (χ1) is 12.7. The predicted octanol–water partition coefficient (Wildman–Crippen LogP) is 6.48. The average Bonchev–Trinajstić information content (AvgIpc) is 2.63. The summed E-state index contributed by atoms with van der Waals surface area (Å²) < 4.78 is 12.1. The van der Waals surface area contributed by atoms with Crippen molar-refractivity contribution in [1.82, 2.24) is 0 Å². The van der Waals surface area contributed by atoms with E-state index in [4.69, 9.17) is 9.47 Å². The van der Waals surface area contributed by atoms with Crippen molar-refractivity contribution >= 4 is 10.8 Å². The number of rotatable bonds is 10. The first kappa shape index (κ1) is 19.6. The van der Waals surface area contributed by atoms with Gasteiger partial charge in [-0.15, -0.1) is 0 Å². The zero-order chi connectivity index (χ0) is 18.8. The van der Waals surface area contributed by atoms with E-state index in [0.717, 1.165) is 40.7 Å². The van der Waals surface area contributed by atoms with Gasteiger partial charge in [0.05, 0.1) is 13.2 Å². The van der Waals surface area contributed by atoms with Crippen LogP contribution < -0.4 is 9.47 Å². The lowest BCUT2D eigenvalue weighted by Crippen LogP contribution is -2.01. The van der Waals surface area contributed by atoms with Gasteiger partial charge in [-0.2, -0.15) is 0 Å². The lowest BCUT2D eigenvalue weighted by Gasteiger charge is -2.16. The Balaban J connectivity index is 2.25. The number of aryl methyl sites for hydroxylation is 2. The highest BCUT2D eigenvalue weighted by atomic mass is 16.5.